The van der Waals surface area contributed by atoms with Crippen LogP contribution in [0.5, 0.6) is 0 Å². The zero-order valence-corrected chi connectivity index (χ0v) is 8.60. The van der Waals surface area contributed by atoms with Gasteiger partial charge >= 0.3 is 11.8 Å². The molecule has 15 heavy (non-hydrogen) atoms. The quantitative estimate of drug-likeness (QED) is 0.667. The highest BCUT2D eigenvalue weighted by atomic mass is 35.5. The predicted octanol–water partition coefficient (Wildman–Crippen LogP) is 0.783. The molecule has 1 aromatic rings. The highest BCUT2D eigenvalue weighted by Gasteiger charge is 2.32. The van der Waals surface area contributed by atoms with Crippen molar-refractivity contribution in [1.82, 2.24) is 9.55 Å². The van der Waals surface area contributed by atoms with Crippen LogP contribution < -0.4 is 10.6 Å². The van der Waals surface area contributed by atoms with Crippen LogP contribution in [0.1, 0.15) is 6.92 Å². The molecule has 1 aliphatic heterocycles. The molecule has 1 atom stereocenters. The lowest BCUT2D eigenvalue weighted by Crippen LogP contribution is -2.34. The van der Waals surface area contributed by atoms with Crippen LogP contribution in [0.25, 0.3) is 0 Å². The summed E-state index contributed by atoms with van der Waals surface area (Å²) in [4.78, 5) is 27.0. The summed E-state index contributed by atoms with van der Waals surface area (Å²) >= 11 is 5.60. The predicted molar refractivity (Wildman–Crippen MR) is 53.5 cm³/mol. The van der Waals surface area contributed by atoms with E-state index in [1.807, 2.05) is 0 Å². The van der Waals surface area contributed by atoms with Gasteiger partial charge in [-0.3, -0.25) is 9.47 Å². The number of aromatic nitrogens is 2. The normalized spacial score (nSPS) is 19.1. The van der Waals surface area contributed by atoms with Crippen LogP contribution in [0.2, 0.25) is 5.15 Å². The maximum absolute atomic E-state index is 11.4. The number of anilines is 1. The van der Waals surface area contributed by atoms with E-state index in [4.69, 9.17) is 16.7 Å². The van der Waals surface area contributed by atoms with Gasteiger partial charge in [0.15, 0.2) is 0 Å². The van der Waals surface area contributed by atoms with Gasteiger partial charge in [0.2, 0.25) is 0 Å². The molecule has 0 fully saturated rings. The maximum atomic E-state index is 11.4. The van der Waals surface area contributed by atoms with E-state index in [9.17, 15) is 9.59 Å². The van der Waals surface area contributed by atoms with Gasteiger partial charge in [0.1, 0.15) is 11.0 Å². The third-order valence-corrected chi connectivity index (χ3v) is 2.49. The average molecular weight is 230 g/mol. The molecular formula is C8H8ClN3O3. The number of carbonyl (C=O) groups is 1. The van der Waals surface area contributed by atoms with Crippen molar-refractivity contribution in [3.8, 4) is 0 Å². The van der Waals surface area contributed by atoms with Gasteiger partial charge in [0.05, 0.1) is 6.04 Å². The van der Waals surface area contributed by atoms with E-state index in [0.717, 1.165) is 4.90 Å². The molecule has 0 spiro atoms. The average Bonchev–Trinajstić information content (AvgIpc) is 2.41. The molecule has 2 heterocycles. The number of nitrogens with zero attached hydrogens (tertiary/aromatic N) is 3. The molecule has 80 valence electrons. The van der Waals surface area contributed by atoms with E-state index in [2.05, 4.69) is 4.98 Å². The summed E-state index contributed by atoms with van der Waals surface area (Å²) in [7, 11) is 0. The van der Waals surface area contributed by atoms with E-state index >= 15 is 0 Å². The molecule has 6 nitrogen and oxygen atoms in total. The minimum atomic E-state index is -1.10. The largest absolute Gasteiger partial charge is 0.465 e. The molecule has 2 rings (SSSR count). The first kappa shape index (κ1) is 9.97. The Bertz CT molecular complexity index is 485. The SMILES string of the molecule is CC1Cn2c(cc(Cl)nc2=O)N1C(=O)O. The monoisotopic (exact) mass is 229 g/mol. The molecular weight excluding hydrogens is 222 g/mol. The third kappa shape index (κ3) is 1.46. The number of rotatable bonds is 0. The van der Waals surface area contributed by atoms with Crippen molar-refractivity contribution in [1.29, 1.82) is 0 Å². The summed E-state index contributed by atoms with van der Waals surface area (Å²) in [6.07, 6.45) is -1.10. The molecule has 1 N–H and O–H groups in total. The molecule has 1 unspecified atom stereocenters. The Balaban J connectivity index is 2.63. The van der Waals surface area contributed by atoms with Gasteiger partial charge < -0.3 is 5.11 Å². The number of fused-ring (bicyclic) bond motifs is 1. The molecule has 0 radical (unpaired) electrons. The first-order valence-electron chi connectivity index (χ1n) is 4.30. The van der Waals surface area contributed by atoms with Gasteiger partial charge in [-0.25, -0.2) is 9.59 Å². The molecule has 0 saturated carbocycles. The molecule has 1 aromatic heterocycles. The zero-order valence-electron chi connectivity index (χ0n) is 7.85. The second-order valence-corrected chi connectivity index (χ2v) is 3.72. The molecule has 0 aromatic carbocycles. The van der Waals surface area contributed by atoms with Gasteiger partial charge in [-0.05, 0) is 6.92 Å². The minimum Gasteiger partial charge on any atom is -0.465 e. The van der Waals surface area contributed by atoms with Crippen molar-refractivity contribution < 1.29 is 9.90 Å². The fourth-order valence-corrected chi connectivity index (χ4v) is 1.87. The summed E-state index contributed by atoms with van der Waals surface area (Å²) in [5.74, 6) is 0.278. The van der Waals surface area contributed by atoms with E-state index in [0.29, 0.717) is 6.54 Å². The number of hydrogen-bond acceptors (Lipinski definition) is 3. The molecule has 0 bridgehead atoms. The lowest BCUT2D eigenvalue weighted by molar-refractivity contribution is 0.200. The Kier molecular flexibility index (Phi) is 2.15. The van der Waals surface area contributed by atoms with Crippen molar-refractivity contribution >= 4 is 23.5 Å². The fourth-order valence-electron chi connectivity index (χ4n) is 1.70. The van der Waals surface area contributed by atoms with Crippen LogP contribution in [0.15, 0.2) is 10.9 Å². The van der Waals surface area contributed by atoms with Crippen LogP contribution in [0.3, 0.4) is 0 Å². The van der Waals surface area contributed by atoms with Crippen LogP contribution in [0.4, 0.5) is 10.6 Å². The van der Waals surface area contributed by atoms with E-state index in [-0.39, 0.29) is 17.0 Å². The van der Waals surface area contributed by atoms with Gasteiger partial charge in [0.25, 0.3) is 0 Å². The highest BCUT2D eigenvalue weighted by Crippen LogP contribution is 2.25. The number of halogens is 1. The van der Waals surface area contributed by atoms with E-state index in [1.54, 1.807) is 6.92 Å². The second kappa shape index (κ2) is 3.23. The Morgan fingerprint density at radius 1 is 1.73 bits per heavy atom. The zero-order chi connectivity index (χ0) is 11.2. The summed E-state index contributed by atoms with van der Waals surface area (Å²) in [6.45, 7) is 2.03. The van der Waals surface area contributed by atoms with Gasteiger partial charge in [0, 0.05) is 12.6 Å². The van der Waals surface area contributed by atoms with Crippen molar-refractivity contribution in [2.24, 2.45) is 0 Å². The topological polar surface area (TPSA) is 75.4 Å². The summed E-state index contributed by atoms with van der Waals surface area (Å²) < 4.78 is 1.30. The van der Waals surface area contributed by atoms with E-state index < -0.39 is 11.8 Å². The lowest BCUT2D eigenvalue weighted by atomic mass is 10.3. The molecule has 1 amide bonds. The molecule has 0 saturated heterocycles. The minimum absolute atomic E-state index is 0.00611. The van der Waals surface area contributed by atoms with Crippen LogP contribution in [-0.2, 0) is 6.54 Å². The fraction of sp³-hybridized carbons (Fsp3) is 0.375. The molecule has 1 aliphatic rings. The first-order chi connectivity index (χ1) is 7.00. The molecule has 0 aliphatic carbocycles. The number of hydrogen-bond donors (Lipinski definition) is 1. The number of carboxylic acid groups (broad SMARTS) is 1. The van der Waals surface area contributed by atoms with Crippen LogP contribution >= 0.6 is 11.6 Å². The standard InChI is InChI=1S/C8H8ClN3O3/c1-4-3-11-6(12(4)8(14)15)2-5(9)10-7(11)13/h2,4H,3H2,1H3,(H,14,15). The first-order valence-corrected chi connectivity index (χ1v) is 4.68. The summed E-state index contributed by atoms with van der Waals surface area (Å²) in [5, 5.41) is 8.97. The van der Waals surface area contributed by atoms with Crippen LogP contribution in [-0.4, -0.2) is 26.8 Å². The Hall–Kier alpha value is -1.56. The number of amides is 1. The third-order valence-electron chi connectivity index (χ3n) is 2.30. The Labute approximate surface area is 89.7 Å². The second-order valence-electron chi connectivity index (χ2n) is 3.33. The smallest absolute Gasteiger partial charge is 0.413 e. The highest BCUT2D eigenvalue weighted by molar-refractivity contribution is 6.29. The maximum Gasteiger partial charge on any atom is 0.413 e. The Morgan fingerprint density at radius 2 is 2.40 bits per heavy atom. The Morgan fingerprint density at radius 3 is 3.00 bits per heavy atom. The van der Waals surface area contributed by atoms with Crippen molar-refractivity contribution in [3.05, 3.63) is 21.7 Å². The van der Waals surface area contributed by atoms with E-state index in [1.165, 1.54) is 10.6 Å². The van der Waals surface area contributed by atoms with Crippen molar-refractivity contribution in [2.75, 3.05) is 4.90 Å². The van der Waals surface area contributed by atoms with Gasteiger partial charge in [-0.2, -0.15) is 4.98 Å². The van der Waals surface area contributed by atoms with Gasteiger partial charge in [-0.15, -0.1) is 0 Å². The van der Waals surface area contributed by atoms with Crippen LogP contribution in [0, 0.1) is 0 Å². The summed E-state index contributed by atoms with van der Waals surface area (Å²) in [5.41, 5.74) is -0.520. The van der Waals surface area contributed by atoms with Crippen molar-refractivity contribution in [3.63, 3.8) is 0 Å². The van der Waals surface area contributed by atoms with Crippen molar-refractivity contribution in [2.45, 2.75) is 19.5 Å². The summed E-state index contributed by atoms with van der Waals surface area (Å²) in [6, 6.07) is 1.09. The van der Waals surface area contributed by atoms with Gasteiger partial charge in [-0.1, -0.05) is 11.6 Å². The lowest BCUT2D eigenvalue weighted by Gasteiger charge is -2.16. The molecule has 7 heteroatoms.